The van der Waals surface area contributed by atoms with Gasteiger partial charge in [0.25, 0.3) is 5.91 Å². The summed E-state index contributed by atoms with van der Waals surface area (Å²) in [6, 6.07) is 0.985. The smallest absolute Gasteiger partial charge is 0.270 e. The molecule has 2 aliphatic heterocycles. The van der Waals surface area contributed by atoms with E-state index in [9.17, 15) is 4.79 Å². The highest BCUT2D eigenvalue weighted by atomic mass is 35.5. The molecule has 0 radical (unpaired) electrons. The van der Waals surface area contributed by atoms with Crippen molar-refractivity contribution in [1.29, 1.82) is 0 Å². The average Bonchev–Trinajstić information content (AvgIpc) is 3.07. The molecule has 2 fully saturated rings. The van der Waals surface area contributed by atoms with Crippen LogP contribution in [-0.4, -0.2) is 47.5 Å². The fourth-order valence-corrected chi connectivity index (χ4v) is 4.06. The molecule has 1 aromatic rings. The van der Waals surface area contributed by atoms with E-state index in [1.54, 1.807) is 0 Å². The zero-order valence-corrected chi connectivity index (χ0v) is 14.9. The molecule has 0 aliphatic carbocycles. The van der Waals surface area contributed by atoms with Crippen LogP contribution in [0.2, 0.25) is 0 Å². The summed E-state index contributed by atoms with van der Waals surface area (Å²) in [4.78, 5) is 19.1. The highest BCUT2D eigenvalue weighted by molar-refractivity contribution is 7.09. The normalized spacial score (nSPS) is 24.0. The topological polar surface area (TPSA) is 71.2 Å². The molecule has 0 spiro atoms. The van der Waals surface area contributed by atoms with Crippen LogP contribution in [0.5, 0.6) is 0 Å². The van der Waals surface area contributed by atoms with E-state index in [0.717, 1.165) is 30.8 Å². The van der Waals surface area contributed by atoms with Gasteiger partial charge in [-0.1, -0.05) is 0 Å². The zero-order valence-electron chi connectivity index (χ0n) is 12.5. The molecule has 5 nitrogen and oxygen atoms in total. The minimum absolute atomic E-state index is 0. The molecule has 126 valence electrons. The standard InChI is InChI=1S/C14H22N4OS.2ClH/c15-5-3-13-17-12(9-20-13)14(19)16-10-4-7-18-6-1-2-11(18)8-10;;/h9-11H,1-8,15H2,(H,16,19);2*1H. The Bertz CT molecular complexity index is 485. The van der Waals surface area contributed by atoms with Gasteiger partial charge in [0.2, 0.25) is 0 Å². The van der Waals surface area contributed by atoms with Crippen LogP contribution in [0, 0.1) is 0 Å². The van der Waals surface area contributed by atoms with E-state index < -0.39 is 0 Å². The van der Waals surface area contributed by atoms with Gasteiger partial charge < -0.3 is 16.0 Å². The predicted octanol–water partition coefficient (Wildman–Crippen LogP) is 1.84. The summed E-state index contributed by atoms with van der Waals surface area (Å²) >= 11 is 1.52. The van der Waals surface area contributed by atoms with Crippen molar-refractivity contribution in [3.05, 3.63) is 16.1 Å². The van der Waals surface area contributed by atoms with Gasteiger partial charge in [-0.15, -0.1) is 36.2 Å². The first-order chi connectivity index (χ1) is 9.76. The quantitative estimate of drug-likeness (QED) is 0.852. The first-order valence-corrected chi connectivity index (χ1v) is 8.33. The largest absolute Gasteiger partial charge is 0.348 e. The van der Waals surface area contributed by atoms with E-state index in [1.807, 2.05) is 5.38 Å². The molecule has 0 aromatic carbocycles. The molecule has 3 heterocycles. The number of halogens is 2. The van der Waals surface area contributed by atoms with E-state index in [4.69, 9.17) is 5.73 Å². The van der Waals surface area contributed by atoms with Crippen LogP contribution in [0.3, 0.4) is 0 Å². The third-order valence-electron chi connectivity index (χ3n) is 4.30. The number of hydrogen-bond acceptors (Lipinski definition) is 5. The number of nitrogens with two attached hydrogens (primary N) is 1. The third kappa shape index (κ3) is 4.55. The maximum absolute atomic E-state index is 12.2. The van der Waals surface area contributed by atoms with Crippen LogP contribution in [0.15, 0.2) is 5.38 Å². The minimum atomic E-state index is -0.0269. The van der Waals surface area contributed by atoms with Gasteiger partial charge in [-0.2, -0.15) is 0 Å². The molecule has 1 aromatic heterocycles. The van der Waals surface area contributed by atoms with Gasteiger partial charge in [0.05, 0.1) is 5.01 Å². The van der Waals surface area contributed by atoms with Gasteiger partial charge in [-0.25, -0.2) is 4.98 Å². The van der Waals surface area contributed by atoms with Crippen LogP contribution in [-0.2, 0) is 6.42 Å². The molecule has 0 saturated carbocycles. The van der Waals surface area contributed by atoms with Crippen molar-refractivity contribution in [2.45, 2.75) is 44.2 Å². The van der Waals surface area contributed by atoms with Crippen LogP contribution < -0.4 is 11.1 Å². The summed E-state index contributed by atoms with van der Waals surface area (Å²) in [5.74, 6) is -0.0269. The lowest BCUT2D eigenvalue weighted by molar-refractivity contribution is 0.0891. The molecule has 2 saturated heterocycles. The van der Waals surface area contributed by atoms with Crippen LogP contribution in [0.4, 0.5) is 0 Å². The van der Waals surface area contributed by atoms with E-state index in [2.05, 4.69) is 15.2 Å². The van der Waals surface area contributed by atoms with E-state index in [-0.39, 0.29) is 30.7 Å². The maximum Gasteiger partial charge on any atom is 0.270 e. The second kappa shape index (κ2) is 9.03. The number of hydrogen-bond donors (Lipinski definition) is 2. The number of nitrogens with one attached hydrogen (secondary N) is 1. The number of carbonyl (C=O) groups is 1. The maximum atomic E-state index is 12.2. The van der Waals surface area contributed by atoms with Gasteiger partial charge in [0.1, 0.15) is 5.69 Å². The summed E-state index contributed by atoms with van der Waals surface area (Å²) in [6.45, 7) is 2.93. The van der Waals surface area contributed by atoms with Gasteiger partial charge >= 0.3 is 0 Å². The summed E-state index contributed by atoms with van der Waals surface area (Å²) in [5.41, 5.74) is 6.05. The lowest BCUT2D eigenvalue weighted by Crippen LogP contribution is -2.47. The van der Waals surface area contributed by atoms with Crippen LogP contribution in [0.25, 0.3) is 0 Å². The number of carbonyl (C=O) groups excluding carboxylic acids is 1. The minimum Gasteiger partial charge on any atom is -0.348 e. The fourth-order valence-electron chi connectivity index (χ4n) is 3.27. The lowest BCUT2D eigenvalue weighted by atomic mass is 9.97. The molecule has 2 atom stereocenters. The Morgan fingerprint density at radius 1 is 1.41 bits per heavy atom. The molecule has 8 heteroatoms. The van der Waals surface area contributed by atoms with Crippen molar-refractivity contribution in [1.82, 2.24) is 15.2 Å². The lowest BCUT2D eigenvalue weighted by Gasteiger charge is -2.35. The first kappa shape index (κ1) is 19.6. The second-order valence-electron chi connectivity index (χ2n) is 5.69. The van der Waals surface area contributed by atoms with Crippen molar-refractivity contribution in [2.75, 3.05) is 19.6 Å². The number of rotatable bonds is 4. The second-order valence-corrected chi connectivity index (χ2v) is 6.63. The molecule has 1 amide bonds. The molecule has 3 N–H and O–H groups in total. The van der Waals surface area contributed by atoms with Crippen LogP contribution >= 0.6 is 36.2 Å². The van der Waals surface area contributed by atoms with Crippen molar-refractivity contribution in [3.63, 3.8) is 0 Å². The Morgan fingerprint density at radius 3 is 3.00 bits per heavy atom. The van der Waals surface area contributed by atoms with Crippen molar-refractivity contribution >= 4 is 42.1 Å². The highest BCUT2D eigenvalue weighted by Crippen LogP contribution is 2.27. The third-order valence-corrected chi connectivity index (χ3v) is 5.21. The van der Waals surface area contributed by atoms with Gasteiger partial charge in [0.15, 0.2) is 0 Å². The van der Waals surface area contributed by atoms with Crippen molar-refractivity contribution in [2.24, 2.45) is 5.73 Å². The molecule has 22 heavy (non-hydrogen) atoms. The molecular weight excluding hydrogens is 343 g/mol. The molecular formula is C14H24Cl2N4OS. The number of aromatic nitrogens is 1. The van der Waals surface area contributed by atoms with Gasteiger partial charge in [-0.3, -0.25) is 4.79 Å². The summed E-state index contributed by atoms with van der Waals surface area (Å²) in [6.07, 6.45) is 5.48. The van der Waals surface area contributed by atoms with Crippen LogP contribution in [0.1, 0.15) is 41.2 Å². The number of thiazole rings is 1. The highest BCUT2D eigenvalue weighted by Gasteiger charge is 2.32. The SMILES string of the molecule is Cl.Cl.NCCc1nc(C(=O)NC2CCN3CCCC3C2)cs1. The van der Waals surface area contributed by atoms with E-state index in [1.165, 1.54) is 30.7 Å². The molecule has 3 rings (SSSR count). The Morgan fingerprint density at radius 2 is 2.23 bits per heavy atom. The fraction of sp³-hybridized carbons (Fsp3) is 0.714. The first-order valence-electron chi connectivity index (χ1n) is 7.45. The van der Waals surface area contributed by atoms with Gasteiger partial charge in [0, 0.05) is 30.4 Å². The summed E-state index contributed by atoms with van der Waals surface area (Å²) in [5, 5.41) is 5.94. The number of nitrogens with zero attached hydrogens (tertiary/aromatic N) is 2. The van der Waals surface area contributed by atoms with Gasteiger partial charge in [-0.05, 0) is 38.8 Å². The van der Waals surface area contributed by atoms with E-state index >= 15 is 0 Å². The number of amides is 1. The van der Waals surface area contributed by atoms with Crippen molar-refractivity contribution in [3.8, 4) is 0 Å². The molecule has 2 unspecified atom stereocenters. The molecule has 0 bridgehead atoms. The summed E-state index contributed by atoms with van der Waals surface area (Å²) < 4.78 is 0. The Balaban J connectivity index is 0.00000121. The Hall–Kier alpha value is -0.400. The number of piperidine rings is 1. The average molecular weight is 367 g/mol. The number of fused-ring (bicyclic) bond motifs is 1. The monoisotopic (exact) mass is 366 g/mol. The zero-order chi connectivity index (χ0) is 13.9. The van der Waals surface area contributed by atoms with Crippen molar-refractivity contribution < 1.29 is 4.79 Å². The van der Waals surface area contributed by atoms with E-state index in [0.29, 0.717) is 24.3 Å². The summed E-state index contributed by atoms with van der Waals surface area (Å²) in [7, 11) is 0. The molecule has 2 aliphatic rings. The Kier molecular flexibility index (Phi) is 8.07. The Labute approximate surface area is 147 Å². The predicted molar refractivity (Wildman–Crippen MR) is 94.5 cm³/mol.